The van der Waals surface area contributed by atoms with E-state index in [1.54, 1.807) is 0 Å². The number of hydrogen-bond donors (Lipinski definition) is 13. The molecule has 0 rings (SSSR count). The minimum Gasteiger partial charge on any atom is -0.480 e. The van der Waals surface area contributed by atoms with Crippen molar-refractivity contribution in [3.8, 4) is 0 Å². The summed E-state index contributed by atoms with van der Waals surface area (Å²) in [6.45, 7) is -5.86. The van der Waals surface area contributed by atoms with Crippen molar-refractivity contribution >= 4 is 35.5 Å². The van der Waals surface area contributed by atoms with E-state index >= 15 is 0 Å². The summed E-state index contributed by atoms with van der Waals surface area (Å²) in [4.78, 5) is 71.7. The van der Waals surface area contributed by atoms with Crippen LogP contribution in [-0.2, 0) is 28.8 Å². The van der Waals surface area contributed by atoms with Crippen LogP contribution in [0.25, 0.3) is 0 Å². The number of rotatable bonds is 17. The van der Waals surface area contributed by atoms with Crippen molar-refractivity contribution in [2.24, 2.45) is 5.73 Å². The number of nitrogens with one attached hydrogen (secondary N) is 5. The van der Waals surface area contributed by atoms with Gasteiger partial charge in [0.25, 0.3) is 0 Å². The average molecular weight is 540 g/mol. The zero-order chi connectivity index (χ0) is 28.7. The van der Waals surface area contributed by atoms with Gasteiger partial charge in [-0.1, -0.05) is 0 Å². The molecule has 212 valence electrons. The highest BCUT2D eigenvalue weighted by Crippen LogP contribution is 1.95. The van der Waals surface area contributed by atoms with Gasteiger partial charge in [-0.05, 0) is 0 Å². The average Bonchev–Trinajstić information content (AvgIpc) is 2.88. The summed E-state index contributed by atoms with van der Waals surface area (Å²) in [7, 11) is 0. The van der Waals surface area contributed by atoms with Crippen LogP contribution in [-0.4, -0.2) is 147 Å². The van der Waals surface area contributed by atoms with E-state index in [-0.39, 0.29) is 0 Å². The molecule has 5 amide bonds. The van der Waals surface area contributed by atoms with Crippen LogP contribution in [0.5, 0.6) is 0 Å². The Morgan fingerprint density at radius 3 is 0.919 bits per heavy atom. The number of hydrogen-bond acceptors (Lipinski definition) is 13. The van der Waals surface area contributed by atoms with Crippen LogP contribution in [0.3, 0.4) is 0 Å². The summed E-state index contributed by atoms with van der Waals surface area (Å²) < 4.78 is 0. The van der Waals surface area contributed by atoms with Gasteiger partial charge in [0.1, 0.15) is 36.3 Å². The molecule has 0 aliphatic rings. The molecule has 37 heavy (non-hydrogen) atoms. The third-order valence-corrected chi connectivity index (χ3v) is 4.59. The van der Waals surface area contributed by atoms with Gasteiger partial charge in [0.05, 0.1) is 39.6 Å². The second-order valence-electron chi connectivity index (χ2n) is 7.35. The Morgan fingerprint density at radius 1 is 0.459 bits per heavy atom. The molecule has 19 nitrogen and oxygen atoms in total. The third kappa shape index (κ3) is 11.0. The lowest BCUT2D eigenvalue weighted by atomic mass is 10.2. The van der Waals surface area contributed by atoms with Gasteiger partial charge in [0.15, 0.2) is 0 Å². The molecule has 0 heterocycles. The molecule has 14 N–H and O–H groups in total. The molecule has 0 spiro atoms. The van der Waals surface area contributed by atoms with E-state index in [4.69, 9.17) is 21.1 Å². The van der Waals surface area contributed by atoms with Crippen LogP contribution in [0, 0.1) is 0 Å². The van der Waals surface area contributed by atoms with E-state index in [0.717, 1.165) is 0 Å². The zero-order valence-electron chi connectivity index (χ0n) is 19.4. The molecule has 0 radical (unpaired) electrons. The molecule has 0 aromatic heterocycles. The molecule has 0 bridgehead atoms. The monoisotopic (exact) mass is 540 g/mol. The summed E-state index contributed by atoms with van der Waals surface area (Å²) in [5, 5.41) is 73.9. The maximum Gasteiger partial charge on any atom is 0.328 e. The number of carboxylic acids is 1. The molecule has 0 aromatic carbocycles. The van der Waals surface area contributed by atoms with Crippen molar-refractivity contribution in [3.63, 3.8) is 0 Å². The van der Waals surface area contributed by atoms with Crippen molar-refractivity contribution in [2.75, 3.05) is 39.6 Å². The van der Waals surface area contributed by atoms with Gasteiger partial charge in [-0.2, -0.15) is 0 Å². The van der Waals surface area contributed by atoms with Crippen molar-refractivity contribution in [1.29, 1.82) is 0 Å². The van der Waals surface area contributed by atoms with Crippen LogP contribution in [0.4, 0.5) is 0 Å². The minimum absolute atomic E-state index is 0.766. The van der Waals surface area contributed by atoms with Crippen molar-refractivity contribution in [1.82, 2.24) is 26.6 Å². The number of amides is 5. The van der Waals surface area contributed by atoms with E-state index in [1.165, 1.54) is 0 Å². The smallest absolute Gasteiger partial charge is 0.328 e. The van der Waals surface area contributed by atoms with E-state index in [1.807, 2.05) is 26.6 Å². The normalized spacial score (nSPS) is 15.6. The highest BCUT2D eigenvalue weighted by molar-refractivity contribution is 5.96. The van der Waals surface area contributed by atoms with Gasteiger partial charge >= 0.3 is 5.97 Å². The van der Waals surface area contributed by atoms with Gasteiger partial charge in [-0.25, -0.2) is 4.79 Å². The summed E-state index contributed by atoms with van der Waals surface area (Å²) >= 11 is 0. The maximum absolute atomic E-state index is 12.4. The second-order valence-corrected chi connectivity index (χ2v) is 7.35. The molecule has 0 aliphatic carbocycles. The molecule has 19 heteroatoms. The number of aliphatic hydroxyl groups is 6. The van der Waals surface area contributed by atoms with Gasteiger partial charge in [0, 0.05) is 0 Å². The van der Waals surface area contributed by atoms with E-state index in [0.29, 0.717) is 0 Å². The number of carboxylic acid groups (broad SMARTS) is 1. The lowest BCUT2D eigenvalue weighted by molar-refractivity contribution is -0.143. The Bertz CT molecular complexity index is 813. The number of carbonyl (C=O) groups excluding carboxylic acids is 5. The molecule has 0 saturated heterocycles. The second kappa shape index (κ2) is 17.1. The first kappa shape index (κ1) is 33.5. The third-order valence-electron chi connectivity index (χ3n) is 4.59. The Morgan fingerprint density at radius 2 is 0.703 bits per heavy atom. The van der Waals surface area contributed by atoms with Crippen molar-refractivity contribution < 1.29 is 64.5 Å². The Kier molecular flexibility index (Phi) is 15.5. The van der Waals surface area contributed by atoms with Gasteiger partial charge < -0.3 is 68.1 Å². The first-order chi connectivity index (χ1) is 17.4. The molecular formula is C18H32N6O13. The molecule has 0 unspecified atom stereocenters. The predicted molar refractivity (Wildman–Crippen MR) is 118 cm³/mol. The van der Waals surface area contributed by atoms with Crippen LogP contribution in [0.15, 0.2) is 0 Å². The fourth-order valence-corrected chi connectivity index (χ4v) is 2.41. The van der Waals surface area contributed by atoms with Gasteiger partial charge in [-0.3, -0.25) is 24.0 Å². The highest BCUT2D eigenvalue weighted by atomic mass is 16.4. The quantitative estimate of drug-likeness (QED) is 0.0814. The number of nitrogens with two attached hydrogens (primary N) is 1. The maximum atomic E-state index is 12.4. The molecular weight excluding hydrogens is 508 g/mol. The first-order valence-corrected chi connectivity index (χ1v) is 10.6. The fraction of sp³-hybridized carbons (Fsp3) is 0.667. The van der Waals surface area contributed by atoms with E-state index < -0.39 is 111 Å². The topological polar surface area (TPSA) is 330 Å². The summed E-state index contributed by atoms with van der Waals surface area (Å²) in [6, 6.07) is -10.1. The standard InChI is InChI=1S/C18H32N6O13/c19-7(1-25)13(31)20-8(2-26)14(32)21-9(3-27)15(33)22-10(4-28)16(34)23-11(5-29)17(35)24-12(6-30)18(36)37/h7-12,25-30H,1-6,19H2,(H,20,31)(H,21,32)(H,22,33)(H,23,34)(H,24,35)(H,36,37)/t7-,8-,9-,10-,11-,12-/m0/s1. The van der Waals surface area contributed by atoms with Gasteiger partial charge in [0.2, 0.25) is 29.5 Å². The number of aliphatic carboxylic acids is 1. The summed E-state index contributed by atoms with van der Waals surface area (Å²) in [6.07, 6.45) is 0. The van der Waals surface area contributed by atoms with Crippen LogP contribution in [0.2, 0.25) is 0 Å². The molecule has 0 aliphatic heterocycles. The highest BCUT2D eigenvalue weighted by Gasteiger charge is 2.32. The summed E-state index contributed by atoms with van der Waals surface area (Å²) in [5.41, 5.74) is 5.28. The Labute approximate surface area is 209 Å². The molecule has 0 aromatic rings. The minimum atomic E-state index is -1.79. The van der Waals surface area contributed by atoms with Crippen LogP contribution in [0.1, 0.15) is 0 Å². The van der Waals surface area contributed by atoms with Gasteiger partial charge in [-0.15, -0.1) is 0 Å². The largest absolute Gasteiger partial charge is 0.480 e. The van der Waals surface area contributed by atoms with Crippen LogP contribution >= 0.6 is 0 Å². The number of carbonyl (C=O) groups is 6. The van der Waals surface area contributed by atoms with E-state index in [9.17, 15) is 49.2 Å². The first-order valence-electron chi connectivity index (χ1n) is 10.6. The predicted octanol–water partition coefficient (Wildman–Crippen LogP) is -9.22. The summed E-state index contributed by atoms with van der Waals surface area (Å²) in [5.74, 6) is -7.43. The Hall–Kier alpha value is -3.46. The van der Waals surface area contributed by atoms with E-state index in [2.05, 4.69) is 0 Å². The fourth-order valence-electron chi connectivity index (χ4n) is 2.41. The van der Waals surface area contributed by atoms with Crippen LogP contribution < -0.4 is 32.3 Å². The SMILES string of the molecule is N[C@@H](CO)C(=O)N[C@@H](CO)C(=O)N[C@@H](CO)C(=O)N[C@@H](CO)C(=O)N[C@@H](CO)C(=O)N[C@@H](CO)C(=O)O. The molecule has 6 atom stereocenters. The zero-order valence-corrected chi connectivity index (χ0v) is 19.4. The Balaban J connectivity index is 5.23. The lowest BCUT2D eigenvalue weighted by Gasteiger charge is -2.24. The number of aliphatic hydroxyl groups excluding tert-OH is 6. The lowest BCUT2D eigenvalue weighted by Crippen LogP contribution is -2.61. The molecule has 0 saturated carbocycles. The molecule has 0 fully saturated rings. The van der Waals surface area contributed by atoms with Crippen molar-refractivity contribution in [3.05, 3.63) is 0 Å². The van der Waals surface area contributed by atoms with Crippen molar-refractivity contribution in [2.45, 2.75) is 36.3 Å².